The molecule has 1 fully saturated rings. The van der Waals surface area contributed by atoms with E-state index in [0.29, 0.717) is 6.42 Å². The van der Waals surface area contributed by atoms with Crippen LogP contribution in [-0.4, -0.2) is 38.2 Å². The Morgan fingerprint density at radius 1 is 1.22 bits per heavy atom. The highest BCUT2D eigenvalue weighted by Crippen LogP contribution is 2.30. The Morgan fingerprint density at radius 3 is 2.61 bits per heavy atom. The molecule has 0 aromatic carbocycles. The summed E-state index contributed by atoms with van der Waals surface area (Å²) in [5.41, 5.74) is 5.90. The van der Waals surface area contributed by atoms with Crippen LogP contribution in [0.2, 0.25) is 0 Å². The highest BCUT2D eigenvalue weighted by molar-refractivity contribution is 5.85. The molecular weight excluding hydrogens is 335 g/mol. The molecule has 2 unspecified atom stereocenters. The fourth-order valence-electron chi connectivity index (χ4n) is 3.27. The molecule has 2 atom stereocenters. The summed E-state index contributed by atoms with van der Waals surface area (Å²) in [5, 5.41) is 6.81. The Labute approximate surface area is 137 Å². The molecule has 23 heavy (non-hydrogen) atoms. The third kappa shape index (κ3) is 3.60. The summed E-state index contributed by atoms with van der Waals surface area (Å²) in [4.78, 5) is 14.1. The number of nitrogens with two attached hydrogens (primary N) is 1. The molecule has 10 heteroatoms. The van der Waals surface area contributed by atoms with Crippen molar-refractivity contribution in [1.82, 2.24) is 19.7 Å². The lowest BCUT2D eigenvalue weighted by molar-refractivity contribution is -0.148. The number of rotatable bonds is 1. The third-order valence-corrected chi connectivity index (χ3v) is 4.38. The summed E-state index contributed by atoms with van der Waals surface area (Å²) >= 11 is 0. The number of nitrogens with zero attached hydrogens (tertiary/aromatic N) is 4. The highest BCUT2D eigenvalue weighted by atomic mass is 35.5. The summed E-state index contributed by atoms with van der Waals surface area (Å²) in [6.45, 7) is 0.397. The van der Waals surface area contributed by atoms with Gasteiger partial charge in [-0.3, -0.25) is 4.79 Å². The maximum atomic E-state index is 12.8. The van der Waals surface area contributed by atoms with Crippen LogP contribution in [0, 0.1) is 5.92 Å². The maximum Gasteiger partial charge on any atom is 0.451 e. The average molecular weight is 354 g/mol. The minimum atomic E-state index is -4.52. The third-order valence-electron chi connectivity index (χ3n) is 4.38. The van der Waals surface area contributed by atoms with Gasteiger partial charge >= 0.3 is 6.18 Å². The van der Waals surface area contributed by atoms with Crippen LogP contribution in [-0.2, 0) is 24.1 Å². The summed E-state index contributed by atoms with van der Waals surface area (Å²) in [5.74, 6) is -0.959. The van der Waals surface area contributed by atoms with Gasteiger partial charge in [-0.05, 0) is 19.3 Å². The summed E-state index contributed by atoms with van der Waals surface area (Å²) < 4.78 is 39.4. The Bertz CT molecular complexity index is 576. The van der Waals surface area contributed by atoms with E-state index in [1.807, 2.05) is 0 Å². The van der Waals surface area contributed by atoms with Crippen molar-refractivity contribution in [3.05, 3.63) is 11.6 Å². The number of carbonyl (C=O) groups is 1. The first-order valence-corrected chi connectivity index (χ1v) is 7.40. The molecule has 6 nitrogen and oxygen atoms in total. The van der Waals surface area contributed by atoms with Gasteiger partial charge in [0.25, 0.3) is 0 Å². The van der Waals surface area contributed by atoms with Crippen molar-refractivity contribution < 1.29 is 18.0 Å². The Morgan fingerprint density at radius 2 is 1.96 bits per heavy atom. The van der Waals surface area contributed by atoms with Gasteiger partial charge in [0.05, 0.1) is 6.54 Å². The molecular formula is C13H19ClF3N5O. The lowest BCUT2D eigenvalue weighted by Crippen LogP contribution is -2.44. The first-order valence-electron chi connectivity index (χ1n) is 7.40. The molecule has 1 amide bonds. The zero-order chi connectivity index (χ0) is 15.9. The van der Waals surface area contributed by atoms with Crippen LogP contribution in [0.3, 0.4) is 0 Å². The molecule has 0 saturated heterocycles. The second-order valence-electron chi connectivity index (χ2n) is 5.97. The molecule has 0 bridgehead atoms. The minimum Gasteiger partial charge on any atom is -0.333 e. The molecule has 1 aromatic rings. The average Bonchev–Trinajstić information content (AvgIpc) is 2.89. The number of hydrogen-bond acceptors (Lipinski definition) is 4. The molecule has 0 radical (unpaired) electrons. The van der Waals surface area contributed by atoms with Crippen LogP contribution in [0.1, 0.15) is 37.3 Å². The number of aromatic nitrogens is 3. The van der Waals surface area contributed by atoms with E-state index in [1.54, 1.807) is 4.90 Å². The zero-order valence-corrected chi connectivity index (χ0v) is 13.2. The second-order valence-corrected chi connectivity index (χ2v) is 5.97. The lowest BCUT2D eigenvalue weighted by atomic mass is 9.85. The van der Waals surface area contributed by atoms with Crippen molar-refractivity contribution in [3.8, 4) is 0 Å². The number of fused-ring (bicyclic) bond motifs is 1. The molecule has 1 saturated carbocycles. The molecule has 2 aliphatic rings. The van der Waals surface area contributed by atoms with E-state index < -0.39 is 12.0 Å². The lowest BCUT2D eigenvalue weighted by Gasteiger charge is -2.33. The SMILES string of the molecule is Cl.NC1CCCC(C(=O)N2CCn3c(nnc3C(F)(F)F)C2)C1. The Hall–Kier alpha value is -1.35. The highest BCUT2D eigenvalue weighted by Gasteiger charge is 2.40. The van der Waals surface area contributed by atoms with E-state index in [0.717, 1.165) is 23.8 Å². The van der Waals surface area contributed by atoms with Crippen LogP contribution >= 0.6 is 12.4 Å². The van der Waals surface area contributed by atoms with Gasteiger partial charge in [0, 0.05) is 25.0 Å². The van der Waals surface area contributed by atoms with E-state index >= 15 is 0 Å². The molecule has 1 aliphatic carbocycles. The van der Waals surface area contributed by atoms with Crippen LogP contribution in [0.15, 0.2) is 0 Å². The Kier molecular flexibility index (Phi) is 5.20. The monoisotopic (exact) mass is 353 g/mol. The smallest absolute Gasteiger partial charge is 0.333 e. The van der Waals surface area contributed by atoms with Crippen molar-refractivity contribution in [2.24, 2.45) is 11.7 Å². The van der Waals surface area contributed by atoms with E-state index in [4.69, 9.17) is 5.73 Å². The second kappa shape index (κ2) is 6.64. The van der Waals surface area contributed by atoms with Crippen molar-refractivity contribution >= 4 is 18.3 Å². The normalized spacial score (nSPS) is 24.8. The van der Waals surface area contributed by atoms with Crippen molar-refractivity contribution in [2.75, 3.05) is 6.54 Å². The Balaban J connectivity index is 0.00000192. The van der Waals surface area contributed by atoms with E-state index in [1.165, 1.54) is 0 Å². The van der Waals surface area contributed by atoms with Gasteiger partial charge in [0.1, 0.15) is 0 Å². The molecule has 2 N–H and O–H groups in total. The van der Waals surface area contributed by atoms with Gasteiger partial charge in [0.15, 0.2) is 5.82 Å². The van der Waals surface area contributed by atoms with Gasteiger partial charge in [-0.1, -0.05) is 6.42 Å². The zero-order valence-electron chi connectivity index (χ0n) is 12.4. The maximum absolute atomic E-state index is 12.8. The molecule has 1 aromatic heterocycles. The number of amides is 1. The van der Waals surface area contributed by atoms with Gasteiger partial charge < -0.3 is 15.2 Å². The topological polar surface area (TPSA) is 77.0 Å². The quantitative estimate of drug-likeness (QED) is 0.831. The largest absolute Gasteiger partial charge is 0.451 e. The first kappa shape index (κ1) is 18.0. The van der Waals surface area contributed by atoms with Gasteiger partial charge in [-0.25, -0.2) is 0 Å². The van der Waals surface area contributed by atoms with Crippen LogP contribution in [0.5, 0.6) is 0 Å². The molecule has 1 aliphatic heterocycles. The molecule has 130 valence electrons. The van der Waals surface area contributed by atoms with Crippen molar-refractivity contribution in [1.29, 1.82) is 0 Å². The number of alkyl halides is 3. The summed E-state index contributed by atoms with van der Waals surface area (Å²) in [7, 11) is 0. The molecule has 0 spiro atoms. The molecule has 3 rings (SSSR count). The number of halogens is 4. The summed E-state index contributed by atoms with van der Waals surface area (Å²) in [6, 6.07) is 0.0352. The van der Waals surface area contributed by atoms with Gasteiger partial charge in [-0.2, -0.15) is 13.2 Å². The van der Waals surface area contributed by atoms with Gasteiger partial charge in [-0.15, -0.1) is 22.6 Å². The van der Waals surface area contributed by atoms with Gasteiger partial charge in [0.2, 0.25) is 11.7 Å². The van der Waals surface area contributed by atoms with Crippen LogP contribution in [0.25, 0.3) is 0 Å². The standard InChI is InChI=1S/C13H18F3N5O.ClH/c14-13(15,16)12-19-18-10-7-20(4-5-21(10)12)11(22)8-2-1-3-9(17)6-8;/h8-9H,1-7,17H2;1H. The minimum absolute atomic E-state index is 0. The van der Waals surface area contributed by atoms with Crippen LogP contribution in [0.4, 0.5) is 13.2 Å². The first-order chi connectivity index (χ1) is 10.4. The predicted octanol–water partition coefficient (Wildman–Crippen LogP) is 1.58. The van der Waals surface area contributed by atoms with Crippen molar-refractivity contribution in [2.45, 2.75) is 51.0 Å². The summed E-state index contributed by atoms with van der Waals surface area (Å²) in [6.07, 6.45) is -1.24. The predicted molar refractivity (Wildman–Crippen MR) is 77.6 cm³/mol. The van der Waals surface area contributed by atoms with E-state index in [9.17, 15) is 18.0 Å². The fourth-order valence-corrected chi connectivity index (χ4v) is 3.27. The number of carbonyl (C=O) groups excluding carboxylic acids is 1. The van der Waals surface area contributed by atoms with E-state index in [-0.39, 0.29) is 55.7 Å². The van der Waals surface area contributed by atoms with Crippen molar-refractivity contribution in [3.63, 3.8) is 0 Å². The van der Waals surface area contributed by atoms with Crippen LogP contribution < -0.4 is 5.73 Å². The van der Waals surface area contributed by atoms with E-state index in [2.05, 4.69) is 10.2 Å². The number of hydrogen-bond donors (Lipinski definition) is 1. The molecule has 2 heterocycles. The fraction of sp³-hybridized carbons (Fsp3) is 0.769.